The predicted octanol–water partition coefficient (Wildman–Crippen LogP) is 2.90. The van der Waals surface area contributed by atoms with Gasteiger partial charge in [0, 0.05) is 11.6 Å². The first kappa shape index (κ1) is 10.5. The highest BCUT2D eigenvalue weighted by Crippen LogP contribution is 2.32. The number of ether oxygens (including phenoxy) is 1. The van der Waals surface area contributed by atoms with Crippen LogP contribution in [0.5, 0.6) is 5.75 Å². The van der Waals surface area contributed by atoms with E-state index in [0.29, 0.717) is 6.04 Å². The van der Waals surface area contributed by atoms with Crippen LogP contribution in [0.2, 0.25) is 0 Å². The van der Waals surface area contributed by atoms with Gasteiger partial charge in [-0.15, -0.1) is 0 Å². The van der Waals surface area contributed by atoms with Crippen molar-refractivity contribution in [2.75, 3.05) is 7.11 Å². The molecule has 1 unspecified atom stereocenters. The molecule has 0 saturated carbocycles. The molecule has 1 aliphatic rings. The van der Waals surface area contributed by atoms with Crippen molar-refractivity contribution < 1.29 is 4.74 Å². The molecule has 15 heavy (non-hydrogen) atoms. The minimum Gasteiger partial charge on any atom is -0.497 e. The van der Waals surface area contributed by atoms with Crippen LogP contribution >= 0.6 is 0 Å². The van der Waals surface area contributed by atoms with E-state index in [1.54, 1.807) is 7.11 Å². The van der Waals surface area contributed by atoms with Crippen LogP contribution in [0.25, 0.3) is 0 Å². The zero-order valence-corrected chi connectivity index (χ0v) is 9.71. The number of hydrogen-bond acceptors (Lipinski definition) is 2. The van der Waals surface area contributed by atoms with Crippen LogP contribution in [0.4, 0.5) is 0 Å². The van der Waals surface area contributed by atoms with E-state index in [1.165, 1.54) is 18.4 Å². The Hall–Kier alpha value is -1.02. The molecule has 1 fully saturated rings. The van der Waals surface area contributed by atoms with E-state index in [2.05, 4.69) is 31.3 Å². The lowest BCUT2D eigenvalue weighted by molar-refractivity contribution is 0.413. The number of hydrogen-bond donors (Lipinski definition) is 1. The normalized spacial score (nSPS) is 24.1. The zero-order valence-electron chi connectivity index (χ0n) is 9.71. The average Bonchev–Trinajstić information content (AvgIpc) is 2.59. The van der Waals surface area contributed by atoms with Crippen LogP contribution in [0.1, 0.15) is 38.3 Å². The van der Waals surface area contributed by atoms with Crippen molar-refractivity contribution in [3.63, 3.8) is 0 Å². The Morgan fingerprint density at radius 2 is 1.93 bits per heavy atom. The topological polar surface area (TPSA) is 21.3 Å². The van der Waals surface area contributed by atoms with E-state index in [-0.39, 0.29) is 5.54 Å². The van der Waals surface area contributed by atoms with Gasteiger partial charge in [-0.1, -0.05) is 12.1 Å². The molecule has 0 amide bonds. The van der Waals surface area contributed by atoms with E-state index in [1.807, 2.05) is 12.1 Å². The van der Waals surface area contributed by atoms with Crippen molar-refractivity contribution in [3.8, 4) is 5.75 Å². The SMILES string of the molecule is COc1ccc(C2CCC(C)(C)N2)cc1. The average molecular weight is 205 g/mol. The van der Waals surface area contributed by atoms with Crippen molar-refractivity contribution >= 4 is 0 Å². The van der Waals surface area contributed by atoms with Gasteiger partial charge in [0.15, 0.2) is 0 Å². The summed E-state index contributed by atoms with van der Waals surface area (Å²) in [5, 5.41) is 3.64. The largest absolute Gasteiger partial charge is 0.497 e. The van der Waals surface area contributed by atoms with Crippen LogP contribution in [-0.2, 0) is 0 Å². The minimum atomic E-state index is 0.282. The fourth-order valence-electron chi connectivity index (χ4n) is 2.21. The summed E-state index contributed by atoms with van der Waals surface area (Å²) in [5.74, 6) is 0.927. The van der Waals surface area contributed by atoms with Gasteiger partial charge in [-0.3, -0.25) is 0 Å². The number of methoxy groups -OCH3 is 1. The molecule has 1 aromatic rings. The van der Waals surface area contributed by atoms with Gasteiger partial charge in [0.2, 0.25) is 0 Å². The number of nitrogens with one attached hydrogen (secondary N) is 1. The maximum atomic E-state index is 5.15. The number of benzene rings is 1. The van der Waals surface area contributed by atoms with Gasteiger partial charge < -0.3 is 10.1 Å². The summed E-state index contributed by atoms with van der Waals surface area (Å²) in [6, 6.07) is 8.87. The van der Waals surface area contributed by atoms with Gasteiger partial charge in [-0.25, -0.2) is 0 Å². The molecule has 1 heterocycles. The molecule has 2 rings (SSSR count). The summed E-state index contributed by atoms with van der Waals surface area (Å²) in [4.78, 5) is 0. The Balaban J connectivity index is 2.11. The van der Waals surface area contributed by atoms with E-state index < -0.39 is 0 Å². The van der Waals surface area contributed by atoms with Crippen molar-refractivity contribution in [1.82, 2.24) is 5.32 Å². The monoisotopic (exact) mass is 205 g/mol. The third-order valence-corrected chi connectivity index (χ3v) is 3.14. The maximum absolute atomic E-state index is 5.15. The molecule has 82 valence electrons. The second kappa shape index (κ2) is 3.86. The lowest BCUT2D eigenvalue weighted by Gasteiger charge is -2.20. The van der Waals surface area contributed by atoms with Gasteiger partial charge in [0.1, 0.15) is 5.75 Å². The summed E-state index contributed by atoms with van der Waals surface area (Å²) < 4.78 is 5.15. The van der Waals surface area contributed by atoms with E-state index in [0.717, 1.165) is 5.75 Å². The van der Waals surface area contributed by atoms with Crippen LogP contribution in [-0.4, -0.2) is 12.6 Å². The molecule has 2 nitrogen and oxygen atoms in total. The van der Waals surface area contributed by atoms with Crippen molar-refractivity contribution in [2.24, 2.45) is 0 Å². The maximum Gasteiger partial charge on any atom is 0.118 e. The van der Waals surface area contributed by atoms with Gasteiger partial charge in [0.05, 0.1) is 7.11 Å². The first-order valence-corrected chi connectivity index (χ1v) is 5.52. The lowest BCUT2D eigenvalue weighted by Crippen LogP contribution is -2.33. The second-order valence-corrected chi connectivity index (χ2v) is 4.89. The standard InChI is InChI=1S/C13H19NO/c1-13(2)9-8-12(14-13)10-4-6-11(15-3)7-5-10/h4-7,12,14H,8-9H2,1-3H3. The quantitative estimate of drug-likeness (QED) is 0.801. The molecule has 0 spiro atoms. The van der Waals surface area contributed by atoms with Crippen molar-refractivity contribution in [2.45, 2.75) is 38.3 Å². The number of rotatable bonds is 2. The molecule has 1 atom stereocenters. The smallest absolute Gasteiger partial charge is 0.118 e. The van der Waals surface area contributed by atoms with Crippen molar-refractivity contribution in [3.05, 3.63) is 29.8 Å². The zero-order chi connectivity index (χ0) is 10.9. The third-order valence-electron chi connectivity index (χ3n) is 3.14. The third kappa shape index (κ3) is 2.32. The molecule has 1 saturated heterocycles. The Morgan fingerprint density at radius 3 is 2.40 bits per heavy atom. The molecule has 1 N–H and O–H groups in total. The molecule has 0 aliphatic carbocycles. The molecular formula is C13H19NO. The Kier molecular flexibility index (Phi) is 2.70. The van der Waals surface area contributed by atoms with Crippen LogP contribution in [0.15, 0.2) is 24.3 Å². The molecule has 0 aromatic heterocycles. The first-order chi connectivity index (χ1) is 7.11. The van der Waals surface area contributed by atoms with Gasteiger partial charge in [-0.05, 0) is 44.4 Å². The first-order valence-electron chi connectivity index (χ1n) is 5.52. The summed E-state index contributed by atoms with van der Waals surface area (Å²) in [6.07, 6.45) is 2.46. The van der Waals surface area contributed by atoms with E-state index >= 15 is 0 Å². The molecule has 1 aliphatic heterocycles. The molecule has 0 bridgehead atoms. The highest BCUT2D eigenvalue weighted by molar-refractivity contribution is 5.29. The molecule has 1 aromatic carbocycles. The summed E-state index contributed by atoms with van der Waals surface area (Å²) >= 11 is 0. The second-order valence-electron chi connectivity index (χ2n) is 4.89. The fraction of sp³-hybridized carbons (Fsp3) is 0.538. The van der Waals surface area contributed by atoms with E-state index in [4.69, 9.17) is 4.74 Å². The molecule has 0 radical (unpaired) electrons. The summed E-state index contributed by atoms with van der Waals surface area (Å²) in [6.45, 7) is 4.52. The van der Waals surface area contributed by atoms with Crippen LogP contribution in [0.3, 0.4) is 0 Å². The molecular weight excluding hydrogens is 186 g/mol. The minimum absolute atomic E-state index is 0.282. The Morgan fingerprint density at radius 1 is 1.27 bits per heavy atom. The predicted molar refractivity (Wildman–Crippen MR) is 62.2 cm³/mol. The van der Waals surface area contributed by atoms with E-state index in [9.17, 15) is 0 Å². The Bertz CT molecular complexity index is 329. The highest BCUT2D eigenvalue weighted by Gasteiger charge is 2.30. The van der Waals surface area contributed by atoms with Gasteiger partial charge in [-0.2, -0.15) is 0 Å². The Labute approximate surface area is 91.6 Å². The lowest BCUT2D eigenvalue weighted by atomic mass is 10.0. The fourth-order valence-corrected chi connectivity index (χ4v) is 2.21. The molecule has 2 heteroatoms. The van der Waals surface area contributed by atoms with Crippen LogP contribution < -0.4 is 10.1 Å². The highest BCUT2D eigenvalue weighted by atomic mass is 16.5. The summed E-state index contributed by atoms with van der Waals surface area (Å²) in [7, 11) is 1.70. The summed E-state index contributed by atoms with van der Waals surface area (Å²) in [5.41, 5.74) is 1.64. The van der Waals surface area contributed by atoms with Gasteiger partial charge >= 0.3 is 0 Å². The van der Waals surface area contributed by atoms with Crippen LogP contribution in [0, 0.1) is 0 Å². The van der Waals surface area contributed by atoms with Gasteiger partial charge in [0.25, 0.3) is 0 Å². The van der Waals surface area contributed by atoms with Crippen molar-refractivity contribution in [1.29, 1.82) is 0 Å².